The molecule has 200 valence electrons. The summed E-state index contributed by atoms with van der Waals surface area (Å²) in [7, 11) is 7.12. The highest BCUT2D eigenvalue weighted by Gasteiger charge is 2.41. The zero-order valence-corrected chi connectivity index (χ0v) is 23.0. The SMILES string of the molecule is COc1ccc(Oc2ccc3c(c2)S[C@H](c2ccc(OC)cc2)[C@H](OC(C)=O)C(=O)N3CCN(C)C)cc1. The Balaban J connectivity index is 1.76. The first-order chi connectivity index (χ1) is 18.3. The highest BCUT2D eigenvalue weighted by atomic mass is 32.2. The molecule has 0 N–H and O–H groups in total. The van der Waals surface area contributed by atoms with Gasteiger partial charge in [-0.15, -0.1) is 11.8 Å². The minimum absolute atomic E-state index is 0.266. The first kappa shape index (κ1) is 27.3. The van der Waals surface area contributed by atoms with E-state index in [9.17, 15) is 9.59 Å². The number of thioether (sulfide) groups is 1. The first-order valence-corrected chi connectivity index (χ1v) is 13.1. The normalized spacial score (nSPS) is 17.0. The van der Waals surface area contributed by atoms with Crippen LogP contribution in [0.4, 0.5) is 5.69 Å². The molecule has 3 aromatic carbocycles. The molecule has 0 spiro atoms. The average Bonchev–Trinajstić information content (AvgIpc) is 3.02. The van der Waals surface area contributed by atoms with Crippen molar-refractivity contribution in [1.82, 2.24) is 4.90 Å². The van der Waals surface area contributed by atoms with Gasteiger partial charge in [-0.2, -0.15) is 0 Å². The molecule has 0 unspecified atom stereocenters. The minimum Gasteiger partial charge on any atom is -0.497 e. The first-order valence-electron chi connectivity index (χ1n) is 12.2. The zero-order chi connectivity index (χ0) is 27.2. The van der Waals surface area contributed by atoms with Gasteiger partial charge in [0, 0.05) is 24.9 Å². The van der Waals surface area contributed by atoms with Crippen molar-refractivity contribution in [3.05, 3.63) is 72.3 Å². The smallest absolute Gasteiger partial charge is 0.303 e. The maximum atomic E-state index is 13.9. The predicted octanol–water partition coefficient (Wildman–Crippen LogP) is 5.17. The van der Waals surface area contributed by atoms with Crippen LogP contribution in [-0.4, -0.2) is 64.3 Å². The Bertz CT molecular complexity index is 1260. The van der Waals surface area contributed by atoms with Crippen molar-refractivity contribution >= 4 is 29.3 Å². The van der Waals surface area contributed by atoms with E-state index >= 15 is 0 Å². The summed E-state index contributed by atoms with van der Waals surface area (Å²) in [6.07, 6.45) is -1.01. The van der Waals surface area contributed by atoms with E-state index in [1.54, 1.807) is 19.1 Å². The van der Waals surface area contributed by atoms with Crippen LogP contribution in [0.2, 0.25) is 0 Å². The number of hydrogen-bond donors (Lipinski definition) is 0. The molecule has 0 fully saturated rings. The number of rotatable bonds is 9. The van der Waals surface area contributed by atoms with Gasteiger partial charge >= 0.3 is 5.97 Å². The summed E-state index contributed by atoms with van der Waals surface area (Å²) in [5.74, 6) is 1.95. The van der Waals surface area contributed by atoms with E-state index in [4.69, 9.17) is 18.9 Å². The van der Waals surface area contributed by atoms with Crippen molar-refractivity contribution in [1.29, 1.82) is 0 Å². The molecule has 9 heteroatoms. The Morgan fingerprint density at radius 2 is 1.47 bits per heavy atom. The summed E-state index contributed by atoms with van der Waals surface area (Å²) < 4.78 is 22.4. The Morgan fingerprint density at radius 1 is 0.895 bits per heavy atom. The fourth-order valence-corrected chi connectivity index (χ4v) is 5.46. The van der Waals surface area contributed by atoms with Crippen LogP contribution in [0, 0.1) is 0 Å². The molecule has 38 heavy (non-hydrogen) atoms. The van der Waals surface area contributed by atoms with E-state index in [1.165, 1.54) is 18.7 Å². The number of benzene rings is 3. The quantitative estimate of drug-likeness (QED) is 0.347. The second-order valence-corrected chi connectivity index (χ2v) is 10.2. The summed E-state index contributed by atoms with van der Waals surface area (Å²) >= 11 is 1.47. The number of nitrogens with zero attached hydrogens (tertiary/aromatic N) is 2. The van der Waals surface area contributed by atoms with Crippen molar-refractivity contribution < 1.29 is 28.5 Å². The Morgan fingerprint density at radius 3 is 2.05 bits per heavy atom. The molecule has 0 radical (unpaired) electrons. The maximum absolute atomic E-state index is 13.9. The highest BCUT2D eigenvalue weighted by molar-refractivity contribution is 7.99. The Kier molecular flexibility index (Phi) is 8.81. The van der Waals surface area contributed by atoms with E-state index < -0.39 is 17.3 Å². The number of hydrogen-bond acceptors (Lipinski definition) is 8. The molecule has 1 aliphatic heterocycles. The second kappa shape index (κ2) is 12.2. The number of fused-ring (bicyclic) bond motifs is 1. The molecule has 1 amide bonds. The standard InChI is InChI=1S/C29H32N2O6S/c1-19(32)36-27-28(20-6-8-21(34-4)9-7-20)38-26-18-24(37-23-12-10-22(35-5)11-13-23)14-15-25(26)31(29(27)33)17-16-30(2)3/h6-15,18,27-28H,16-17H2,1-5H3/t27-,28+/m0/s1. The molecular weight excluding hydrogens is 504 g/mol. The molecule has 0 bridgehead atoms. The molecule has 0 saturated heterocycles. The van der Waals surface area contributed by atoms with Crippen molar-refractivity contribution in [3.8, 4) is 23.0 Å². The maximum Gasteiger partial charge on any atom is 0.303 e. The van der Waals surface area contributed by atoms with Gasteiger partial charge in [-0.3, -0.25) is 9.59 Å². The fourth-order valence-electron chi connectivity index (χ4n) is 4.11. The number of carbonyl (C=O) groups excluding carboxylic acids is 2. The predicted molar refractivity (Wildman–Crippen MR) is 148 cm³/mol. The average molecular weight is 537 g/mol. The van der Waals surface area contributed by atoms with E-state index in [0.29, 0.717) is 30.3 Å². The van der Waals surface area contributed by atoms with Crippen LogP contribution in [0.15, 0.2) is 71.6 Å². The van der Waals surface area contributed by atoms with Crippen LogP contribution in [0.1, 0.15) is 17.7 Å². The third kappa shape index (κ3) is 6.41. The van der Waals surface area contributed by atoms with Crippen LogP contribution in [0.3, 0.4) is 0 Å². The van der Waals surface area contributed by atoms with Crippen LogP contribution < -0.4 is 19.1 Å². The zero-order valence-electron chi connectivity index (χ0n) is 22.2. The van der Waals surface area contributed by atoms with Gasteiger partial charge < -0.3 is 28.7 Å². The van der Waals surface area contributed by atoms with Gasteiger partial charge in [0.05, 0.1) is 25.2 Å². The third-order valence-corrected chi connectivity index (χ3v) is 7.42. The van der Waals surface area contributed by atoms with Crippen molar-refractivity contribution in [2.45, 2.75) is 23.2 Å². The minimum atomic E-state index is -1.01. The number of carbonyl (C=O) groups is 2. The van der Waals surface area contributed by atoms with Crippen LogP contribution in [-0.2, 0) is 14.3 Å². The van der Waals surface area contributed by atoms with Crippen LogP contribution >= 0.6 is 11.8 Å². The second-order valence-electron chi connectivity index (χ2n) is 9.04. The molecule has 1 aliphatic rings. The Hall–Kier alpha value is -3.69. The molecule has 0 aliphatic carbocycles. The molecule has 3 aromatic rings. The lowest BCUT2D eigenvalue weighted by Gasteiger charge is -2.28. The number of amides is 1. The topological polar surface area (TPSA) is 77.5 Å². The van der Waals surface area contributed by atoms with E-state index in [-0.39, 0.29) is 5.91 Å². The van der Waals surface area contributed by atoms with Gasteiger partial charge in [-0.25, -0.2) is 0 Å². The van der Waals surface area contributed by atoms with E-state index in [2.05, 4.69) is 0 Å². The van der Waals surface area contributed by atoms with Gasteiger partial charge in [0.15, 0.2) is 6.10 Å². The fraction of sp³-hybridized carbons (Fsp3) is 0.310. The molecule has 4 rings (SSSR count). The van der Waals surface area contributed by atoms with Gasteiger partial charge in [0.25, 0.3) is 5.91 Å². The number of esters is 1. The van der Waals surface area contributed by atoms with Gasteiger partial charge in [-0.05, 0) is 74.3 Å². The Labute approximate surface area is 227 Å². The molecule has 0 aromatic heterocycles. The van der Waals surface area contributed by atoms with Crippen LogP contribution in [0.5, 0.6) is 23.0 Å². The molecule has 8 nitrogen and oxygen atoms in total. The lowest BCUT2D eigenvalue weighted by atomic mass is 10.1. The summed E-state index contributed by atoms with van der Waals surface area (Å²) in [6, 6.07) is 20.4. The highest BCUT2D eigenvalue weighted by Crippen LogP contribution is 2.48. The van der Waals surface area contributed by atoms with Crippen molar-refractivity contribution in [2.24, 2.45) is 0 Å². The monoisotopic (exact) mass is 536 g/mol. The molecule has 1 heterocycles. The number of likely N-dealkylation sites (N-methyl/N-ethyl adjacent to an activating group) is 1. The van der Waals surface area contributed by atoms with E-state index in [1.807, 2.05) is 85.7 Å². The van der Waals surface area contributed by atoms with Crippen LogP contribution in [0.25, 0.3) is 0 Å². The number of methoxy groups -OCH3 is 2. The summed E-state index contributed by atoms with van der Waals surface area (Å²) in [6.45, 7) is 2.40. The van der Waals surface area contributed by atoms with Crippen molar-refractivity contribution in [2.75, 3.05) is 46.3 Å². The summed E-state index contributed by atoms with van der Waals surface area (Å²) in [5, 5.41) is -0.475. The molecule has 2 atom stereocenters. The molecule has 0 saturated carbocycles. The lowest BCUT2D eigenvalue weighted by molar-refractivity contribution is -0.152. The number of anilines is 1. The summed E-state index contributed by atoms with van der Waals surface area (Å²) in [5.41, 5.74) is 1.59. The third-order valence-electron chi connectivity index (χ3n) is 6.06. The lowest BCUT2D eigenvalue weighted by Crippen LogP contribution is -2.45. The largest absolute Gasteiger partial charge is 0.497 e. The van der Waals surface area contributed by atoms with Gasteiger partial charge in [0.2, 0.25) is 0 Å². The molecular formula is C29H32N2O6S. The van der Waals surface area contributed by atoms with Gasteiger partial charge in [0.1, 0.15) is 23.0 Å². The van der Waals surface area contributed by atoms with Crippen molar-refractivity contribution in [3.63, 3.8) is 0 Å². The van der Waals surface area contributed by atoms with Gasteiger partial charge in [-0.1, -0.05) is 12.1 Å². The number of ether oxygens (including phenoxy) is 4. The van der Waals surface area contributed by atoms with E-state index in [0.717, 1.165) is 21.9 Å². The summed E-state index contributed by atoms with van der Waals surface area (Å²) in [4.78, 5) is 30.6.